The first-order valence-electron chi connectivity index (χ1n) is 7.30. The fourth-order valence-corrected chi connectivity index (χ4v) is 2.14. The molecule has 5 nitrogen and oxygen atoms in total. The molecule has 23 heavy (non-hydrogen) atoms. The number of carbonyl (C=O) groups is 2. The molecular formula is C17H18ClN3O2. The van der Waals surface area contributed by atoms with Crippen molar-refractivity contribution in [1.29, 1.82) is 0 Å². The molecule has 6 heteroatoms. The molecule has 2 rings (SSSR count). The van der Waals surface area contributed by atoms with E-state index in [2.05, 4.69) is 16.0 Å². The highest BCUT2D eigenvalue weighted by Crippen LogP contribution is 2.17. The van der Waals surface area contributed by atoms with Crippen molar-refractivity contribution in [3.05, 3.63) is 53.6 Å². The van der Waals surface area contributed by atoms with E-state index in [0.717, 1.165) is 6.42 Å². The Kier molecular flexibility index (Phi) is 6.00. The predicted molar refractivity (Wildman–Crippen MR) is 94.1 cm³/mol. The minimum absolute atomic E-state index is 0.0214. The van der Waals surface area contributed by atoms with E-state index >= 15 is 0 Å². The summed E-state index contributed by atoms with van der Waals surface area (Å²) >= 11 is 5.86. The number of anilines is 3. The number of hydrogen-bond acceptors (Lipinski definition) is 2. The van der Waals surface area contributed by atoms with Crippen LogP contribution in [0.2, 0.25) is 5.02 Å². The van der Waals surface area contributed by atoms with Gasteiger partial charge < -0.3 is 16.0 Å². The van der Waals surface area contributed by atoms with Crippen LogP contribution in [0.4, 0.5) is 21.9 Å². The standard InChI is InChI=1S/C17H18ClN3O2/c1-2-4-16(22)19-13-7-9-14(10-8-13)20-17(23)21-15-6-3-5-12(18)11-15/h3,5-11H,2,4H2,1H3,(H,19,22)(H2,20,21,23). The van der Waals surface area contributed by atoms with Crippen LogP contribution >= 0.6 is 11.6 Å². The summed E-state index contributed by atoms with van der Waals surface area (Å²) in [5.74, 6) is -0.0214. The number of rotatable bonds is 5. The van der Waals surface area contributed by atoms with Crippen LogP contribution < -0.4 is 16.0 Å². The lowest BCUT2D eigenvalue weighted by atomic mass is 10.2. The third-order valence-corrected chi connectivity index (χ3v) is 3.22. The maximum atomic E-state index is 11.9. The normalized spacial score (nSPS) is 10.0. The van der Waals surface area contributed by atoms with E-state index in [1.807, 2.05) is 6.92 Å². The number of hydrogen-bond donors (Lipinski definition) is 3. The van der Waals surface area contributed by atoms with Crippen LogP contribution in [0.3, 0.4) is 0 Å². The predicted octanol–water partition coefficient (Wildman–Crippen LogP) is 4.72. The highest BCUT2D eigenvalue weighted by Gasteiger charge is 2.04. The summed E-state index contributed by atoms with van der Waals surface area (Å²) in [4.78, 5) is 23.4. The number of benzene rings is 2. The summed E-state index contributed by atoms with van der Waals surface area (Å²) in [6, 6.07) is 13.5. The van der Waals surface area contributed by atoms with Crippen molar-refractivity contribution in [2.45, 2.75) is 19.8 Å². The summed E-state index contributed by atoms with van der Waals surface area (Å²) in [5.41, 5.74) is 1.93. The molecular weight excluding hydrogens is 314 g/mol. The zero-order valence-electron chi connectivity index (χ0n) is 12.7. The van der Waals surface area contributed by atoms with Gasteiger partial charge in [-0.3, -0.25) is 4.79 Å². The van der Waals surface area contributed by atoms with Gasteiger partial charge in [-0.15, -0.1) is 0 Å². The average Bonchev–Trinajstić information content (AvgIpc) is 2.49. The molecule has 120 valence electrons. The number of halogens is 1. The van der Waals surface area contributed by atoms with Crippen LogP contribution in [0.5, 0.6) is 0 Å². The Balaban J connectivity index is 1.90. The highest BCUT2D eigenvalue weighted by atomic mass is 35.5. The second-order valence-corrected chi connectivity index (χ2v) is 5.40. The number of urea groups is 1. The monoisotopic (exact) mass is 331 g/mol. The Bertz CT molecular complexity index is 686. The van der Waals surface area contributed by atoms with E-state index < -0.39 is 0 Å². The Morgan fingerprint density at radius 1 is 0.913 bits per heavy atom. The molecule has 3 N–H and O–H groups in total. The van der Waals surface area contributed by atoms with Gasteiger partial charge >= 0.3 is 6.03 Å². The second kappa shape index (κ2) is 8.19. The van der Waals surface area contributed by atoms with Gasteiger partial charge in [0.15, 0.2) is 0 Å². The largest absolute Gasteiger partial charge is 0.326 e. The SMILES string of the molecule is CCCC(=O)Nc1ccc(NC(=O)Nc2cccc(Cl)c2)cc1. The molecule has 0 aliphatic rings. The number of nitrogens with one attached hydrogen (secondary N) is 3. The van der Waals surface area contributed by atoms with Gasteiger partial charge in [0.05, 0.1) is 0 Å². The first-order chi connectivity index (χ1) is 11.1. The van der Waals surface area contributed by atoms with Crippen LogP contribution in [-0.2, 0) is 4.79 Å². The second-order valence-electron chi connectivity index (χ2n) is 4.96. The Morgan fingerprint density at radius 2 is 1.52 bits per heavy atom. The topological polar surface area (TPSA) is 70.2 Å². The number of carbonyl (C=O) groups excluding carboxylic acids is 2. The zero-order valence-corrected chi connectivity index (χ0v) is 13.5. The Morgan fingerprint density at radius 3 is 2.13 bits per heavy atom. The van der Waals surface area contributed by atoms with Crippen LogP contribution in [0.1, 0.15) is 19.8 Å². The maximum absolute atomic E-state index is 11.9. The van der Waals surface area contributed by atoms with Gasteiger partial charge in [-0.05, 0) is 48.9 Å². The average molecular weight is 332 g/mol. The van der Waals surface area contributed by atoms with Gasteiger partial charge in [-0.25, -0.2) is 4.79 Å². The molecule has 2 aromatic rings. The van der Waals surface area contributed by atoms with E-state index in [1.165, 1.54) is 0 Å². The van der Waals surface area contributed by atoms with Gasteiger partial charge in [-0.2, -0.15) is 0 Å². The van der Waals surface area contributed by atoms with Gasteiger partial charge in [-0.1, -0.05) is 24.6 Å². The molecule has 0 fully saturated rings. The molecule has 0 bridgehead atoms. The number of amides is 3. The summed E-state index contributed by atoms with van der Waals surface area (Å²) in [5, 5.41) is 8.74. The van der Waals surface area contributed by atoms with E-state index in [-0.39, 0.29) is 11.9 Å². The first-order valence-corrected chi connectivity index (χ1v) is 7.68. The van der Waals surface area contributed by atoms with Crippen molar-refractivity contribution in [1.82, 2.24) is 0 Å². The maximum Gasteiger partial charge on any atom is 0.323 e. The zero-order chi connectivity index (χ0) is 16.7. The van der Waals surface area contributed by atoms with Crippen molar-refractivity contribution in [2.24, 2.45) is 0 Å². The highest BCUT2D eigenvalue weighted by molar-refractivity contribution is 6.30. The van der Waals surface area contributed by atoms with Gasteiger partial charge in [0.25, 0.3) is 0 Å². The molecule has 0 aliphatic carbocycles. The van der Waals surface area contributed by atoms with Crippen LogP contribution in [0, 0.1) is 0 Å². The quantitative estimate of drug-likeness (QED) is 0.741. The molecule has 2 aromatic carbocycles. The smallest absolute Gasteiger partial charge is 0.323 e. The lowest BCUT2D eigenvalue weighted by Crippen LogP contribution is -2.19. The lowest BCUT2D eigenvalue weighted by molar-refractivity contribution is -0.116. The van der Waals surface area contributed by atoms with E-state index in [4.69, 9.17) is 11.6 Å². The molecule has 0 aliphatic heterocycles. The molecule has 0 heterocycles. The van der Waals surface area contributed by atoms with Crippen LogP contribution in [-0.4, -0.2) is 11.9 Å². The Hall–Kier alpha value is -2.53. The molecule has 0 spiro atoms. The fraction of sp³-hybridized carbons (Fsp3) is 0.176. The molecule has 0 unspecified atom stereocenters. The van der Waals surface area contributed by atoms with Crippen molar-refractivity contribution in [2.75, 3.05) is 16.0 Å². The molecule has 0 radical (unpaired) electrons. The minimum Gasteiger partial charge on any atom is -0.326 e. The fourth-order valence-electron chi connectivity index (χ4n) is 1.95. The lowest BCUT2D eigenvalue weighted by Gasteiger charge is -2.09. The summed E-state index contributed by atoms with van der Waals surface area (Å²) in [6.45, 7) is 1.95. The van der Waals surface area contributed by atoms with Gasteiger partial charge in [0, 0.05) is 28.5 Å². The van der Waals surface area contributed by atoms with Crippen molar-refractivity contribution < 1.29 is 9.59 Å². The summed E-state index contributed by atoms with van der Waals surface area (Å²) in [6.07, 6.45) is 1.29. The van der Waals surface area contributed by atoms with E-state index in [9.17, 15) is 9.59 Å². The van der Waals surface area contributed by atoms with E-state index in [1.54, 1.807) is 48.5 Å². The van der Waals surface area contributed by atoms with Crippen LogP contribution in [0.15, 0.2) is 48.5 Å². The van der Waals surface area contributed by atoms with E-state index in [0.29, 0.717) is 28.5 Å². The molecule has 0 saturated heterocycles. The van der Waals surface area contributed by atoms with Crippen LogP contribution in [0.25, 0.3) is 0 Å². The van der Waals surface area contributed by atoms with Crippen molar-refractivity contribution in [3.63, 3.8) is 0 Å². The Labute approximate surface area is 140 Å². The first kappa shape index (κ1) is 16.8. The van der Waals surface area contributed by atoms with Crippen molar-refractivity contribution in [3.8, 4) is 0 Å². The third kappa shape index (κ3) is 5.64. The molecule has 0 atom stereocenters. The summed E-state index contributed by atoms with van der Waals surface area (Å²) in [7, 11) is 0. The molecule has 0 saturated carbocycles. The summed E-state index contributed by atoms with van der Waals surface area (Å²) < 4.78 is 0. The molecule has 3 amide bonds. The van der Waals surface area contributed by atoms with Crippen molar-refractivity contribution >= 4 is 40.6 Å². The molecule has 0 aromatic heterocycles. The minimum atomic E-state index is -0.366. The van der Waals surface area contributed by atoms with Gasteiger partial charge in [0.1, 0.15) is 0 Å². The van der Waals surface area contributed by atoms with Gasteiger partial charge in [0.2, 0.25) is 5.91 Å². The third-order valence-electron chi connectivity index (χ3n) is 2.99.